The molecular weight excluding hydrogens is 204 g/mol. The monoisotopic (exact) mass is 226 g/mol. The molecule has 0 radical (unpaired) electrons. The predicted molar refractivity (Wildman–Crippen MR) is 61.9 cm³/mol. The Morgan fingerprint density at radius 2 is 2.06 bits per heavy atom. The number of nitrogens with one attached hydrogen (secondary N) is 1. The molecule has 0 saturated heterocycles. The first kappa shape index (κ1) is 13.1. The van der Waals surface area contributed by atoms with E-state index in [1.165, 1.54) is 12.8 Å². The SMILES string of the molecule is CCCCC(C)OC(CCC)c1nn[nH]n1. The molecule has 92 valence electrons. The zero-order valence-electron chi connectivity index (χ0n) is 10.4. The maximum atomic E-state index is 5.95. The lowest BCUT2D eigenvalue weighted by atomic mass is 10.1. The molecule has 16 heavy (non-hydrogen) atoms. The molecule has 0 aliphatic heterocycles. The van der Waals surface area contributed by atoms with Crippen LogP contribution in [0.15, 0.2) is 0 Å². The molecule has 2 unspecified atom stereocenters. The van der Waals surface area contributed by atoms with Gasteiger partial charge in [-0.2, -0.15) is 5.21 Å². The fourth-order valence-electron chi connectivity index (χ4n) is 1.67. The number of aromatic nitrogens is 4. The predicted octanol–water partition coefficient (Wildman–Crippen LogP) is 2.64. The van der Waals surface area contributed by atoms with E-state index in [0.717, 1.165) is 19.3 Å². The van der Waals surface area contributed by atoms with E-state index in [4.69, 9.17) is 4.74 Å². The normalized spacial score (nSPS) is 14.9. The van der Waals surface area contributed by atoms with Crippen molar-refractivity contribution < 1.29 is 4.74 Å². The summed E-state index contributed by atoms with van der Waals surface area (Å²) in [5.41, 5.74) is 0. The summed E-state index contributed by atoms with van der Waals surface area (Å²) in [6, 6.07) is 0. The van der Waals surface area contributed by atoms with Gasteiger partial charge in [0.05, 0.1) is 6.10 Å². The summed E-state index contributed by atoms with van der Waals surface area (Å²) in [5.74, 6) is 0.671. The lowest BCUT2D eigenvalue weighted by Crippen LogP contribution is -2.15. The van der Waals surface area contributed by atoms with Crippen LogP contribution >= 0.6 is 0 Å². The Labute approximate surface area is 97.0 Å². The molecule has 1 N–H and O–H groups in total. The van der Waals surface area contributed by atoms with Gasteiger partial charge in [-0.25, -0.2) is 0 Å². The van der Waals surface area contributed by atoms with Gasteiger partial charge in [0.1, 0.15) is 6.10 Å². The second kappa shape index (κ2) is 7.33. The number of ether oxygens (including phenoxy) is 1. The Kier molecular flexibility index (Phi) is 6.00. The van der Waals surface area contributed by atoms with Gasteiger partial charge in [0, 0.05) is 0 Å². The lowest BCUT2D eigenvalue weighted by molar-refractivity contribution is -0.0179. The highest BCUT2D eigenvalue weighted by Crippen LogP contribution is 2.21. The summed E-state index contributed by atoms with van der Waals surface area (Å²) in [6.07, 6.45) is 5.73. The Bertz CT molecular complexity index is 263. The molecule has 0 bridgehead atoms. The molecule has 0 amide bonds. The summed E-state index contributed by atoms with van der Waals surface area (Å²) in [6.45, 7) is 6.43. The second-order valence-electron chi connectivity index (χ2n) is 4.14. The van der Waals surface area contributed by atoms with Crippen molar-refractivity contribution in [2.45, 2.75) is 65.1 Å². The lowest BCUT2D eigenvalue weighted by Gasteiger charge is -2.19. The number of nitrogens with zero attached hydrogens (tertiary/aromatic N) is 3. The third kappa shape index (κ3) is 4.26. The van der Waals surface area contributed by atoms with E-state index in [0.29, 0.717) is 5.82 Å². The van der Waals surface area contributed by atoms with Crippen LogP contribution in [0.25, 0.3) is 0 Å². The smallest absolute Gasteiger partial charge is 0.203 e. The van der Waals surface area contributed by atoms with Gasteiger partial charge in [-0.05, 0) is 19.8 Å². The van der Waals surface area contributed by atoms with Crippen LogP contribution in [0.3, 0.4) is 0 Å². The topological polar surface area (TPSA) is 63.7 Å². The minimum absolute atomic E-state index is 0.0180. The first-order valence-electron chi connectivity index (χ1n) is 6.16. The molecule has 5 nitrogen and oxygen atoms in total. The number of aromatic amines is 1. The van der Waals surface area contributed by atoms with Crippen molar-refractivity contribution in [3.63, 3.8) is 0 Å². The molecule has 0 fully saturated rings. The van der Waals surface area contributed by atoms with Crippen molar-refractivity contribution >= 4 is 0 Å². The van der Waals surface area contributed by atoms with Crippen molar-refractivity contribution in [3.8, 4) is 0 Å². The fourth-order valence-corrected chi connectivity index (χ4v) is 1.67. The van der Waals surface area contributed by atoms with Crippen molar-refractivity contribution in [1.82, 2.24) is 20.6 Å². The minimum Gasteiger partial charge on any atom is -0.367 e. The van der Waals surface area contributed by atoms with Gasteiger partial charge >= 0.3 is 0 Å². The van der Waals surface area contributed by atoms with E-state index < -0.39 is 0 Å². The number of rotatable bonds is 8. The summed E-state index contributed by atoms with van der Waals surface area (Å²) in [5, 5.41) is 14.0. The number of unbranched alkanes of at least 4 members (excludes halogenated alkanes) is 1. The molecule has 0 aliphatic carbocycles. The van der Waals surface area contributed by atoms with E-state index in [-0.39, 0.29) is 12.2 Å². The van der Waals surface area contributed by atoms with Crippen LogP contribution in [-0.4, -0.2) is 26.7 Å². The zero-order valence-corrected chi connectivity index (χ0v) is 10.4. The quantitative estimate of drug-likeness (QED) is 0.740. The van der Waals surface area contributed by atoms with Gasteiger partial charge in [0.2, 0.25) is 5.82 Å². The highest BCUT2D eigenvalue weighted by Gasteiger charge is 2.18. The minimum atomic E-state index is -0.0180. The maximum Gasteiger partial charge on any atom is 0.203 e. The number of hydrogen-bond donors (Lipinski definition) is 1. The summed E-state index contributed by atoms with van der Waals surface area (Å²) >= 11 is 0. The van der Waals surface area contributed by atoms with Crippen LogP contribution in [0, 0.1) is 0 Å². The molecule has 1 aromatic heterocycles. The van der Waals surface area contributed by atoms with Crippen molar-refractivity contribution in [2.75, 3.05) is 0 Å². The molecule has 2 atom stereocenters. The van der Waals surface area contributed by atoms with E-state index >= 15 is 0 Å². The molecule has 0 saturated carbocycles. The number of H-pyrrole nitrogens is 1. The van der Waals surface area contributed by atoms with Gasteiger partial charge < -0.3 is 4.74 Å². The molecule has 0 aliphatic rings. The van der Waals surface area contributed by atoms with Crippen LogP contribution in [0.1, 0.15) is 64.8 Å². The maximum absolute atomic E-state index is 5.95. The molecule has 5 heteroatoms. The van der Waals surface area contributed by atoms with Gasteiger partial charge in [0.25, 0.3) is 0 Å². The first-order chi connectivity index (χ1) is 7.77. The Morgan fingerprint density at radius 3 is 2.62 bits per heavy atom. The second-order valence-corrected chi connectivity index (χ2v) is 4.14. The third-order valence-electron chi connectivity index (χ3n) is 2.56. The summed E-state index contributed by atoms with van der Waals surface area (Å²) < 4.78 is 5.95. The molecule has 0 aromatic carbocycles. The van der Waals surface area contributed by atoms with Gasteiger partial charge in [-0.3, -0.25) is 0 Å². The summed E-state index contributed by atoms with van der Waals surface area (Å²) in [4.78, 5) is 0. The number of hydrogen-bond acceptors (Lipinski definition) is 4. The van der Waals surface area contributed by atoms with E-state index in [1.807, 2.05) is 0 Å². The van der Waals surface area contributed by atoms with Crippen molar-refractivity contribution in [2.24, 2.45) is 0 Å². The standard InChI is InChI=1S/C11H22N4O/c1-4-6-8-9(3)16-10(7-5-2)11-12-14-15-13-11/h9-10H,4-8H2,1-3H3,(H,12,13,14,15). The molecule has 1 rings (SSSR count). The van der Waals surface area contributed by atoms with E-state index in [1.54, 1.807) is 0 Å². The average Bonchev–Trinajstić information content (AvgIpc) is 2.79. The van der Waals surface area contributed by atoms with Crippen LogP contribution < -0.4 is 0 Å². The van der Waals surface area contributed by atoms with E-state index in [2.05, 4.69) is 41.4 Å². The van der Waals surface area contributed by atoms with Crippen LogP contribution in [0.5, 0.6) is 0 Å². The molecule has 0 spiro atoms. The number of tetrazole rings is 1. The Hall–Kier alpha value is -0.970. The van der Waals surface area contributed by atoms with Gasteiger partial charge in [-0.15, -0.1) is 10.2 Å². The third-order valence-corrected chi connectivity index (χ3v) is 2.56. The Morgan fingerprint density at radius 1 is 1.25 bits per heavy atom. The van der Waals surface area contributed by atoms with Gasteiger partial charge in [0.15, 0.2) is 0 Å². The van der Waals surface area contributed by atoms with Crippen LogP contribution in [-0.2, 0) is 4.74 Å². The molecule has 1 aromatic rings. The first-order valence-corrected chi connectivity index (χ1v) is 6.16. The fraction of sp³-hybridized carbons (Fsp3) is 0.909. The molecule has 1 heterocycles. The zero-order chi connectivity index (χ0) is 11.8. The summed E-state index contributed by atoms with van der Waals surface area (Å²) in [7, 11) is 0. The van der Waals surface area contributed by atoms with E-state index in [9.17, 15) is 0 Å². The Balaban J connectivity index is 2.45. The van der Waals surface area contributed by atoms with Crippen LogP contribution in [0.2, 0.25) is 0 Å². The highest BCUT2D eigenvalue weighted by molar-refractivity contribution is 4.84. The largest absolute Gasteiger partial charge is 0.367 e. The highest BCUT2D eigenvalue weighted by atomic mass is 16.5. The average molecular weight is 226 g/mol. The molecular formula is C11H22N4O. The van der Waals surface area contributed by atoms with Crippen molar-refractivity contribution in [3.05, 3.63) is 5.82 Å². The van der Waals surface area contributed by atoms with Crippen molar-refractivity contribution in [1.29, 1.82) is 0 Å². The van der Waals surface area contributed by atoms with Gasteiger partial charge in [-0.1, -0.05) is 38.3 Å². The van der Waals surface area contributed by atoms with Crippen LogP contribution in [0.4, 0.5) is 0 Å².